The number of fused-ring (bicyclic) bond motifs is 1. The maximum Gasteiger partial charge on any atom is 0.224 e. The van der Waals surface area contributed by atoms with Crippen LogP contribution in [0.2, 0.25) is 0 Å². The molecule has 3 heterocycles. The fourth-order valence-electron chi connectivity index (χ4n) is 3.22. The number of benzene rings is 1. The van der Waals surface area contributed by atoms with Gasteiger partial charge in [-0.25, -0.2) is 15.0 Å². The van der Waals surface area contributed by atoms with Crippen LogP contribution in [0.3, 0.4) is 0 Å². The van der Waals surface area contributed by atoms with Crippen LogP contribution in [0.25, 0.3) is 11.0 Å². The first-order valence-corrected chi connectivity index (χ1v) is 8.79. The van der Waals surface area contributed by atoms with Gasteiger partial charge in [0.05, 0.1) is 30.5 Å². The van der Waals surface area contributed by atoms with Crippen molar-refractivity contribution in [2.24, 2.45) is 0 Å². The molecule has 0 radical (unpaired) electrons. The van der Waals surface area contributed by atoms with Crippen molar-refractivity contribution >= 4 is 16.9 Å². The van der Waals surface area contributed by atoms with Gasteiger partial charge in [-0.1, -0.05) is 12.1 Å². The molecule has 134 valence electrons. The first kappa shape index (κ1) is 16.7. The number of amides is 1. The molecule has 0 N–H and O–H groups in total. The molecule has 0 saturated carbocycles. The molecule has 0 unspecified atom stereocenters. The number of imidazole rings is 1. The van der Waals surface area contributed by atoms with E-state index in [-0.39, 0.29) is 12.0 Å². The fourth-order valence-corrected chi connectivity index (χ4v) is 3.22. The number of hydrogen-bond acceptors (Lipinski definition) is 5. The molecule has 1 aliphatic heterocycles. The van der Waals surface area contributed by atoms with Gasteiger partial charge in [0.25, 0.3) is 0 Å². The minimum Gasteiger partial charge on any atom is -0.367 e. The second-order valence-electron chi connectivity index (χ2n) is 6.43. The number of para-hydroxylation sites is 2. The van der Waals surface area contributed by atoms with E-state index in [9.17, 15) is 4.79 Å². The van der Waals surface area contributed by atoms with Crippen LogP contribution in [-0.4, -0.2) is 50.0 Å². The van der Waals surface area contributed by atoms with Crippen LogP contribution < -0.4 is 0 Å². The zero-order valence-electron chi connectivity index (χ0n) is 14.7. The van der Waals surface area contributed by atoms with Crippen molar-refractivity contribution in [2.45, 2.75) is 26.0 Å². The third kappa shape index (κ3) is 3.43. The molecule has 7 nitrogen and oxygen atoms in total. The van der Waals surface area contributed by atoms with Crippen LogP contribution in [0.5, 0.6) is 0 Å². The van der Waals surface area contributed by atoms with E-state index in [2.05, 4.69) is 15.0 Å². The van der Waals surface area contributed by atoms with Crippen molar-refractivity contribution in [3.05, 3.63) is 54.4 Å². The molecule has 1 aromatic carbocycles. The molecule has 0 bridgehead atoms. The Labute approximate surface area is 151 Å². The lowest BCUT2D eigenvalue weighted by Gasteiger charge is -2.32. The van der Waals surface area contributed by atoms with E-state index in [0.29, 0.717) is 38.5 Å². The molecule has 1 amide bonds. The van der Waals surface area contributed by atoms with Crippen molar-refractivity contribution in [2.75, 3.05) is 19.7 Å². The quantitative estimate of drug-likeness (QED) is 0.720. The third-order valence-corrected chi connectivity index (χ3v) is 4.61. The Kier molecular flexibility index (Phi) is 4.62. The average molecular weight is 351 g/mol. The van der Waals surface area contributed by atoms with Gasteiger partial charge in [-0.15, -0.1) is 0 Å². The molecule has 1 atom stereocenters. The smallest absolute Gasteiger partial charge is 0.224 e. The van der Waals surface area contributed by atoms with Crippen molar-refractivity contribution in [1.29, 1.82) is 0 Å². The van der Waals surface area contributed by atoms with Gasteiger partial charge < -0.3 is 14.2 Å². The molecule has 4 rings (SSSR count). The van der Waals surface area contributed by atoms with Gasteiger partial charge in [0.2, 0.25) is 5.91 Å². The molecule has 1 aliphatic rings. The lowest BCUT2D eigenvalue weighted by atomic mass is 10.2. The lowest BCUT2D eigenvalue weighted by molar-refractivity contribution is -0.139. The van der Waals surface area contributed by atoms with Gasteiger partial charge in [0.15, 0.2) is 5.82 Å². The SMILES string of the molecule is Cc1ccnc([C@H]2CN(C(=O)CCn3cnc4ccccc43)CCO2)n1. The number of hydrogen-bond donors (Lipinski definition) is 0. The van der Waals surface area contributed by atoms with E-state index in [4.69, 9.17) is 4.74 Å². The van der Waals surface area contributed by atoms with Gasteiger partial charge in [0, 0.05) is 31.4 Å². The highest BCUT2D eigenvalue weighted by atomic mass is 16.5. The normalized spacial score (nSPS) is 17.6. The molecular weight excluding hydrogens is 330 g/mol. The molecule has 0 spiro atoms. The van der Waals surface area contributed by atoms with E-state index in [1.165, 1.54) is 0 Å². The number of nitrogens with zero attached hydrogens (tertiary/aromatic N) is 5. The van der Waals surface area contributed by atoms with Gasteiger partial charge in [-0.2, -0.15) is 0 Å². The van der Waals surface area contributed by atoms with Crippen LogP contribution in [0.4, 0.5) is 0 Å². The summed E-state index contributed by atoms with van der Waals surface area (Å²) in [5.41, 5.74) is 2.89. The molecule has 26 heavy (non-hydrogen) atoms. The zero-order valence-corrected chi connectivity index (χ0v) is 14.7. The monoisotopic (exact) mass is 351 g/mol. The molecule has 3 aromatic rings. The maximum atomic E-state index is 12.7. The van der Waals surface area contributed by atoms with E-state index < -0.39 is 0 Å². The first-order valence-electron chi connectivity index (χ1n) is 8.79. The summed E-state index contributed by atoms with van der Waals surface area (Å²) in [6.07, 6.45) is 3.69. The molecule has 1 saturated heterocycles. The van der Waals surface area contributed by atoms with Crippen molar-refractivity contribution in [1.82, 2.24) is 24.4 Å². The van der Waals surface area contributed by atoms with E-state index >= 15 is 0 Å². The Balaban J connectivity index is 1.40. The Morgan fingerprint density at radius 3 is 3.04 bits per heavy atom. The second-order valence-corrected chi connectivity index (χ2v) is 6.43. The van der Waals surface area contributed by atoms with Gasteiger partial charge in [-0.3, -0.25) is 4.79 Å². The highest BCUT2D eigenvalue weighted by Gasteiger charge is 2.27. The summed E-state index contributed by atoms with van der Waals surface area (Å²) in [4.78, 5) is 27.6. The predicted molar refractivity (Wildman–Crippen MR) is 96.4 cm³/mol. The Morgan fingerprint density at radius 2 is 2.15 bits per heavy atom. The van der Waals surface area contributed by atoms with Crippen molar-refractivity contribution in [3.63, 3.8) is 0 Å². The molecule has 7 heteroatoms. The Morgan fingerprint density at radius 1 is 1.27 bits per heavy atom. The average Bonchev–Trinajstić information content (AvgIpc) is 3.09. The van der Waals surface area contributed by atoms with Crippen LogP contribution >= 0.6 is 0 Å². The maximum absolute atomic E-state index is 12.7. The van der Waals surface area contributed by atoms with Crippen LogP contribution in [0.1, 0.15) is 24.0 Å². The van der Waals surface area contributed by atoms with E-state index in [1.807, 2.05) is 46.7 Å². The Hall–Kier alpha value is -2.80. The lowest BCUT2D eigenvalue weighted by Crippen LogP contribution is -2.43. The topological polar surface area (TPSA) is 73.1 Å². The minimum atomic E-state index is -0.262. The highest BCUT2D eigenvalue weighted by Crippen LogP contribution is 2.20. The summed E-state index contributed by atoms with van der Waals surface area (Å²) in [5.74, 6) is 0.756. The van der Waals surface area contributed by atoms with Crippen LogP contribution in [-0.2, 0) is 16.1 Å². The summed E-state index contributed by atoms with van der Waals surface area (Å²) < 4.78 is 7.80. The largest absolute Gasteiger partial charge is 0.367 e. The fraction of sp³-hybridized carbons (Fsp3) is 0.368. The number of aromatic nitrogens is 4. The minimum absolute atomic E-state index is 0.115. The number of carbonyl (C=O) groups is 1. The van der Waals surface area contributed by atoms with Gasteiger partial charge >= 0.3 is 0 Å². The summed E-state index contributed by atoms with van der Waals surface area (Å²) in [7, 11) is 0. The first-order chi connectivity index (χ1) is 12.7. The standard InChI is InChI=1S/C19H21N5O2/c1-14-6-8-20-19(22-14)17-12-23(10-11-26-17)18(25)7-9-24-13-21-15-4-2-3-5-16(15)24/h2-6,8,13,17H,7,9-12H2,1H3/t17-/m1/s1. The summed E-state index contributed by atoms with van der Waals surface area (Å²) in [5, 5.41) is 0. The van der Waals surface area contributed by atoms with Gasteiger partial charge in [0.1, 0.15) is 6.10 Å². The number of carbonyl (C=O) groups excluding carboxylic acids is 1. The van der Waals surface area contributed by atoms with E-state index in [1.54, 1.807) is 12.5 Å². The number of morpholine rings is 1. The van der Waals surface area contributed by atoms with Gasteiger partial charge in [-0.05, 0) is 25.1 Å². The van der Waals surface area contributed by atoms with Crippen molar-refractivity contribution < 1.29 is 9.53 Å². The summed E-state index contributed by atoms with van der Waals surface area (Å²) in [6, 6.07) is 9.79. The van der Waals surface area contributed by atoms with Crippen molar-refractivity contribution in [3.8, 4) is 0 Å². The highest BCUT2D eigenvalue weighted by molar-refractivity contribution is 5.77. The molecule has 2 aromatic heterocycles. The second kappa shape index (κ2) is 7.21. The summed E-state index contributed by atoms with van der Waals surface area (Å²) in [6.45, 7) is 4.13. The molecular formula is C19H21N5O2. The zero-order chi connectivity index (χ0) is 17.9. The third-order valence-electron chi connectivity index (χ3n) is 4.61. The number of ether oxygens (including phenoxy) is 1. The van der Waals surface area contributed by atoms with E-state index in [0.717, 1.165) is 16.7 Å². The number of rotatable bonds is 4. The van der Waals surface area contributed by atoms with Crippen LogP contribution in [0.15, 0.2) is 42.9 Å². The summed E-state index contributed by atoms with van der Waals surface area (Å²) >= 11 is 0. The molecule has 1 fully saturated rings. The Bertz CT molecular complexity index is 923. The van der Waals surface area contributed by atoms with Crippen LogP contribution in [0, 0.1) is 6.92 Å². The number of aryl methyl sites for hydroxylation is 2. The molecule has 0 aliphatic carbocycles. The predicted octanol–water partition coefficient (Wildman–Crippen LogP) is 2.12.